The molecule has 1 aromatic heterocycles. The Labute approximate surface area is 178 Å². The third-order valence-electron chi connectivity index (χ3n) is 5.00. The summed E-state index contributed by atoms with van der Waals surface area (Å²) in [7, 11) is -3.69. The minimum Gasteiger partial charge on any atom is -0.451 e. The summed E-state index contributed by atoms with van der Waals surface area (Å²) in [6, 6.07) is 11.8. The van der Waals surface area contributed by atoms with Gasteiger partial charge < -0.3 is 9.73 Å². The lowest BCUT2D eigenvalue weighted by Crippen LogP contribution is -2.35. The van der Waals surface area contributed by atoms with Crippen LogP contribution in [0, 0.1) is 0 Å². The van der Waals surface area contributed by atoms with Gasteiger partial charge in [0.15, 0.2) is 11.2 Å². The Hall–Kier alpha value is -2.68. The molecule has 0 unspecified atom stereocenters. The quantitative estimate of drug-likeness (QED) is 0.656. The Morgan fingerprint density at radius 1 is 1.03 bits per heavy atom. The first-order valence-corrected chi connectivity index (χ1v) is 11.3. The number of carbonyl (C=O) groups is 1. The van der Waals surface area contributed by atoms with E-state index in [-0.39, 0.29) is 32.4 Å². The zero-order valence-corrected chi connectivity index (χ0v) is 17.5. The van der Waals surface area contributed by atoms with Crippen molar-refractivity contribution in [3.63, 3.8) is 0 Å². The monoisotopic (exact) mass is 446 g/mol. The number of benzene rings is 2. The predicted molar refractivity (Wildman–Crippen MR) is 114 cm³/mol. The number of nitrogens with one attached hydrogen (secondary N) is 1. The first-order valence-electron chi connectivity index (χ1n) is 9.50. The highest BCUT2D eigenvalue weighted by Crippen LogP contribution is 2.28. The van der Waals surface area contributed by atoms with Crippen LogP contribution >= 0.6 is 11.6 Å². The third kappa shape index (κ3) is 3.98. The van der Waals surface area contributed by atoms with Gasteiger partial charge in [-0.15, -0.1) is 0 Å². The second kappa shape index (κ2) is 8.22. The fraction of sp³-hybridized carbons (Fsp3) is 0.238. The van der Waals surface area contributed by atoms with Crippen molar-refractivity contribution < 1.29 is 17.6 Å². The zero-order chi connectivity index (χ0) is 21.3. The Balaban J connectivity index is 1.64. The molecule has 0 radical (unpaired) electrons. The van der Waals surface area contributed by atoms with Gasteiger partial charge >= 0.3 is 0 Å². The lowest BCUT2D eigenvalue weighted by atomic mass is 10.2. The maximum absolute atomic E-state index is 12.9. The van der Waals surface area contributed by atoms with E-state index >= 15 is 0 Å². The van der Waals surface area contributed by atoms with Crippen LogP contribution in [0.3, 0.4) is 0 Å². The van der Waals surface area contributed by atoms with Crippen LogP contribution in [0.15, 0.2) is 62.6 Å². The normalized spacial score (nSPS) is 15.2. The average Bonchev–Trinajstić information content (AvgIpc) is 2.75. The highest BCUT2D eigenvalue weighted by Gasteiger charge is 2.27. The molecule has 4 rings (SSSR count). The second-order valence-electron chi connectivity index (χ2n) is 7.03. The first kappa shape index (κ1) is 20.6. The first-order chi connectivity index (χ1) is 14.4. The number of rotatable bonds is 4. The van der Waals surface area contributed by atoms with Crippen LogP contribution in [-0.4, -0.2) is 31.7 Å². The van der Waals surface area contributed by atoms with Gasteiger partial charge in [0, 0.05) is 19.2 Å². The van der Waals surface area contributed by atoms with Crippen LogP contribution < -0.4 is 10.7 Å². The van der Waals surface area contributed by atoms with Crippen molar-refractivity contribution in [3.8, 4) is 0 Å². The summed E-state index contributed by atoms with van der Waals surface area (Å²) in [5.74, 6) is -0.897. The van der Waals surface area contributed by atoms with E-state index in [0.29, 0.717) is 18.5 Å². The molecule has 3 aromatic rings. The number of hydrogen-bond acceptors (Lipinski definition) is 5. The van der Waals surface area contributed by atoms with Gasteiger partial charge in [-0.3, -0.25) is 9.59 Å². The Morgan fingerprint density at radius 3 is 2.53 bits per heavy atom. The van der Waals surface area contributed by atoms with Crippen LogP contribution in [0.25, 0.3) is 11.0 Å². The number of fused-ring (bicyclic) bond motifs is 1. The maximum atomic E-state index is 12.9. The van der Waals surface area contributed by atoms with Crippen molar-refractivity contribution >= 4 is 44.2 Å². The minimum absolute atomic E-state index is 0.0454. The van der Waals surface area contributed by atoms with Crippen LogP contribution in [0.4, 0.5) is 5.69 Å². The summed E-state index contributed by atoms with van der Waals surface area (Å²) in [5.41, 5.74) is 0.0488. The van der Waals surface area contributed by atoms with E-state index in [1.165, 1.54) is 22.5 Å². The summed E-state index contributed by atoms with van der Waals surface area (Å²) in [4.78, 5) is 24.9. The largest absolute Gasteiger partial charge is 0.451 e. The van der Waals surface area contributed by atoms with Gasteiger partial charge in [0.2, 0.25) is 10.0 Å². The van der Waals surface area contributed by atoms with Gasteiger partial charge in [-0.2, -0.15) is 4.31 Å². The van der Waals surface area contributed by atoms with Crippen LogP contribution in [0.5, 0.6) is 0 Å². The molecule has 0 atom stereocenters. The molecule has 156 valence electrons. The molecular formula is C21H19ClN2O5S. The van der Waals surface area contributed by atoms with E-state index in [4.69, 9.17) is 16.0 Å². The molecule has 0 spiro atoms. The standard InChI is InChI=1S/C21H19ClN2O5S/c22-16-9-8-14(30(27,28)24-10-4-1-5-11-24)12-17(16)23-21(26)20-13-18(25)15-6-2-3-7-19(15)29-20/h2-3,6-9,12-13H,1,4-5,10-11H2,(H,23,26). The van der Waals surface area contributed by atoms with Crippen molar-refractivity contribution in [3.05, 3.63) is 69.5 Å². The van der Waals surface area contributed by atoms with E-state index in [1.54, 1.807) is 24.3 Å². The number of carbonyl (C=O) groups excluding carboxylic acids is 1. The number of nitrogens with zero attached hydrogens (tertiary/aromatic N) is 1. The van der Waals surface area contributed by atoms with Gasteiger partial charge in [0.1, 0.15) is 5.58 Å². The molecule has 1 aliphatic heterocycles. The molecule has 1 saturated heterocycles. The number of para-hydroxylation sites is 1. The number of sulfonamides is 1. The molecule has 1 aliphatic rings. The molecule has 7 nitrogen and oxygen atoms in total. The molecule has 1 N–H and O–H groups in total. The van der Waals surface area contributed by atoms with Crippen LogP contribution in [-0.2, 0) is 10.0 Å². The molecule has 0 saturated carbocycles. The van der Waals surface area contributed by atoms with Crippen molar-refractivity contribution in [2.45, 2.75) is 24.2 Å². The highest BCUT2D eigenvalue weighted by atomic mass is 35.5. The maximum Gasteiger partial charge on any atom is 0.291 e. The molecule has 1 fully saturated rings. The molecule has 9 heteroatoms. The topological polar surface area (TPSA) is 96.7 Å². The zero-order valence-electron chi connectivity index (χ0n) is 15.9. The fourth-order valence-corrected chi connectivity index (χ4v) is 5.12. The SMILES string of the molecule is O=C(Nc1cc(S(=O)(=O)N2CCCCC2)ccc1Cl)c1cc(=O)c2ccccc2o1. The third-order valence-corrected chi connectivity index (χ3v) is 7.22. The number of anilines is 1. The van der Waals surface area contributed by atoms with E-state index < -0.39 is 15.9 Å². The van der Waals surface area contributed by atoms with Gasteiger partial charge in [-0.1, -0.05) is 30.2 Å². The summed E-state index contributed by atoms with van der Waals surface area (Å²) < 4.78 is 32.8. The summed E-state index contributed by atoms with van der Waals surface area (Å²) in [6.45, 7) is 0.934. The number of piperidine rings is 1. The lowest BCUT2D eigenvalue weighted by molar-refractivity contribution is 0.0997. The van der Waals surface area contributed by atoms with Crippen molar-refractivity contribution in [2.24, 2.45) is 0 Å². The van der Waals surface area contributed by atoms with Crippen molar-refractivity contribution in [1.82, 2.24) is 4.31 Å². The molecule has 1 amide bonds. The number of halogens is 1. The van der Waals surface area contributed by atoms with E-state index in [2.05, 4.69) is 5.32 Å². The van der Waals surface area contributed by atoms with Gasteiger partial charge in [-0.25, -0.2) is 8.42 Å². The molecule has 0 bridgehead atoms. The molecule has 30 heavy (non-hydrogen) atoms. The average molecular weight is 447 g/mol. The van der Waals surface area contributed by atoms with Gasteiger partial charge in [-0.05, 0) is 43.2 Å². The van der Waals surface area contributed by atoms with Gasteiger partial charge in [0.05, 0.1) is 21.0 Å². The molecule has 2 aromatic carbocycles. The smallest absolute Gasteiger partial charge is 0.291 e. The lowest BCUT2D eigenvalue weighted by Gasteiger charge is -2.26. The fourth-order valence-electron chi connectivity index (χ4n) is 3.41. The molecule has 0 aliphatic carbocycles. The van der Waals surface area contributed by atoms with E-state index in [9.17, 15) is 18.0 Å². The Bertz CT molecular complexity index is 1280. The summed E-state index contributed by atoms with van der Waals surface area (Å²) in [5, 5.41) is 3.08. The molecule has 2 heterocycles. The Kier molecular flexibility index (Phi) is 5.64. The predicted octanol–water partition coefficient (Wildman–Crippen LogP) is 3.87. The van der Waals surface area contributed by atoms with E-state index in [0.717, 1.165) is 25.3 Å². The van der Waals surface area contributed by atoms with Crippen molar-refractivity contribution in [1.29, 1.82) is 0 Å². The van der Waals surface area contributed by atoms with Gasteiger partial charge in [0.25, 0.3) is 5.91 Å². The number of amides is 1. The second-order valence-corrected chi connectivity index (χ2v) is 9.38. The number of hydrogen-bond donors (Lipinski definition) is 1. The van der Waals surface area contributed by atoms with Crippen LogP contribution in [0.1, 0.15) is 29.8 Å². The summed E-state index contributed by atoms with van der Waals surface area (Å²) >= 11 is 6.17. The summed E-state index contributed by atoms with van der Waals surface area (Å²) in [6.07, 6.45) is 2.64. The molecular weight excluding hydrogens is 428 g/mol. The van der Waals surface area contributed by atoms with E-state index in [1.807, 2.05) is 0 Å². The Morgan fingerprint density at radius 2 is 1.77 bits per heavy atom. The highest BCUT2D eigenvalue weighted by molar-refractivity contribution is 7.89. The van der Waals surface area contributed by atoms with Crippen molar-refractivity contribution in [2.75, 3.05) is 18.4 Å². The minimum atomic E-state index is -3.69. The van der Waals surface area contributed by atoms with Crippen LogP contribution in [0.2, 0.25) is 5.02 Å².